The minimum atomic E-state index is -0.186. The number of carbonyl (C=O) groups excluding carboxylic acids is 1. The van der Waals surface area contributed by atoms with Crippen LogP contribution in [0.25, 0.3) is 0 Å². The van der Waals surface area contributed by atoms with Crippen LogP contribution in [0.5, 0.6) is 5.75 Å². The molecule has 1 atom stereocenters. The minimum Gasteiger partial charge on any atom is -0.492 e. The highest BCUT2D eigenvalue weighted by Gasteiger charge is 2.54. The number of likely N-dealkylation sites (tertiary alicyclic amines) is 1. The Balaban J connectivity index is 1.53. The molecule has 0 radical (unpaired) electrons. The Labute approximate surface area is 131 Å². The fourth-order valence-corrected chi connectivity index (χ4v) is 3.25. The van der Waals surface area contributed by atoms with E-state index in [1.807, 2.05) is 17.0 Å². The first-order valence-electron chi connectivity index (χ1n) is 8.03. The highest BCUT2D eigenvalue weighted by atomic mass is 16.5. The van der Waals surface area contributed by atoms with Gasteiger partial charge >= 0.3 is 0 Å². The molecule has 3 rings (SSSR count). The molecular formula is C17H24N2O3. The third kappa shape index (κ3) is 3.09. The second-order valence-corrected chi connectivity index (χ2v) is 6.75. The van der Waals surface area contributed by atoms with Gasteiger partial charge in [-0.15, -0.1) is 0 Å². The molecule has 0 bridgehead atoms. The molecule has 2 fully saturated rings. The molecule has 1 aromatic rings. The van der Waals surface area contributed by atoms with Gasteiger partial charge in [-0.1, -0.05) is 13.8 Å². The van der Waals surface area contributed by atoms with Gasteiger partial charge in [0.2, 0.25) is 5.91 Å². The quantitative estimate of drug-likeness (QED) is 0.836. The first kappa shape index (κ1) is 15.3. The Bertz CT molecular complexity index is 512. The van der Waals surface area contributed by atoms with Crippen molar-refractivity contribution in [3.8, 4) is 5.75 Å². The van der Waals surface area contributed by atoms with Gasteiger partial charge in [-0.3, -0.25) is 9.78 Å². The molecule has 5 nitrogen and oxygen atoms in total. The lowest BCUT2D eigenvalue weighted by Gasteiger charge is -2.50. The van der Waals surface area contributed by atoms with Crippen molar-refractivity contribution in [1.82, 2.24) is 9.88 Å². The Morgan fingerprint density at radius 1 is 1.55 bits per heavy atom. The van der Waals surface area contributed by atoms with Crippen molar-refractivity contribution in [2.45, 2.75) is 32.3 Å². The topological polar surface area (TPSA) is 51.7 Å². The zero-order chi connectivity index (χ0) is 15.6. The van der Waals surface area contributed by atoms with E-state index in [1.165, 1.54) is 0 Å². The van der Waals surface area contributed by atoms with E-state index >= 15 is 0 Å². The summed E-state index contributed by atoms with van der Waals surface area (Å²) in [7, 11) is 0. The van der Waals surface area contributed by atoms with Crippen LogP contribution in [0.2, 0.25) is 0 Å². The monoisotopic (exact) mass is 304 g/mol. The Kier molecular flexibility index (Phi) is 4.34. The molecule has 0 N–H and O–H groups in total. The Morgan fingerprint density at radius 2 is 2.36 bits per heavy atom. The van der Waals surface area contributed by atoms with Gasteiger partial charge in [-0.25, -0.2) is 0 Å². The van der Waals surface area contributed by atoms with Crippen LogP contribution in [-0.2, 0) is 9.53 Å². The maximum absolute atomic E-state index is 12.1. The summed E-state index contributed by atoms with van der Waals surface area (Å²) in [6, 6.07) is 3.78. The van der Waals surface area contributed by atoms with Gasteiger partial charge in [-0.05, 0) is 24.5 Å². The first-order valence-corrected chi connectivity index (χ1v) is 8.03. The summed E-state index contributed by atoms with van der Waals surface area (Å²) in [4.78, 5) is 18.1. The van der Waals surface area contributed by atoms with Crippen LogP contribution in [0, 0.1) is 11.8 Å². The Hall–Kier alpha value is -1.62. The molecule has 1 amide bonds. The van der Waals surface area contributed by atoms with Crippen LogP contribution in [0.3, 0.4) is 0 Å². The number of amides is 1. The van der Waals surface area contributed by atoms with E-state index < -0.39 is 0 Å². The Morgan fingerprint density at radius 3 is 3.05 bits per heavy atom. The zero-order valence-electron chi connectivity index (χ0n) is 13.3. The summed E-state index contributed by atoms with van der Waals surface area (Å²) in [5, 5.41) is 0. The normalized spacial score (nSPS) is 22.9. The van der Waals surface area contributed by atoms with E-state index in [0.29, 0.717) is 38.0 Å². The van der Waals surface area contributed by atoms with E-state index in [9.17, 15) is 4.79 Å². The molecule has 0 unspecified atom stereocenters. The molecule has 1 aromatic heterocycles. The number of rotatable bonds is 5. The van der Waals surface area contributed by atoms with Crippen molar-refractivity contribution in [1.29, 1.82) is 0 Å². The first-order chi connectivity index (χ1) is 10.6. The fourth-order valence-electron chi connectivity index (χ4n) is 3.25. The average Bonchev–Trinajstić information content (AvgIpc) is 2.87. The molecule has 22 heavy (non-hydrogen) atoms. The van der Waals surface area contributed by atoms with Crippen LogP contribution in [-0.4, -0.2) is 47.7 Å². The molecule has 5 heteroatoms. The summed E-state index contributed by atoms with van der Waals surface area (Å²) >= 11 is 0. The number of hydrogen-bond donors (Lipinski definition) is 0. The second-order valence-electron chi connectivity index (χ2n) is 6.75. The summed E-state index contributed by atoms with van der Waals surface area (Å²) in [6.45, 7) is 6.94. The van der Waals surface area contributed by atoms with Gasteiger partial charge in [-0.2, -0.15) is 0 Å². The summed E-state index contributed by atoms with van der Waals surface area (Å²) in [5.41, 5.74) is -0.186. The molecule has 0 aromatic carbocycles. The van der Waals surface area contributed by atoms with Crippen molar-refractivity contribution in [3.05, 3.63) is 24.5 Å². The van der Waals surface area contributed by atoms with Crippen LogP contribution in [0.4, 0.5) is 0 Å². The van der Waals surface area contributed by atoms with Crippen LogP contribution < -0.4 is 4.74 Å². The largest absolute Gasteiger partial charge is 0.492 e. The number of nitrogens with zero attached hydrogens (tertiary/aromatic N) is 2. The maximum atomic E-state index is 12.1. The maximum Gasteiger partial charge on any atom is 0.223 e. The molecule has 0 aliphatic carbocycles. The van der Waals surface area contributed by atoms with E-state index in [0.717, 1.165) is 18.8 Å². The van der Waals surface area contributed by atoms with Gasteiger partial charge in [0.15, 0.2) is 0 Å². The fraction of sp³-hybridized carbons (Fsp3) is 0.647. The second kappa shape index (κ2) is 6.24. The van der Waals surface area contributed by atoms with Crippen molar-refractivity contribution < 1.29 is 14.3 Å². The van der Waals surface area contributed by atoms with E-state index in [2.05, 4.69) is 18.8 Å². The van der Waals surface area contributed by atoms with E-state index in [1.54, 1.807) is 12.4 Å². The third-order valence-electron chi connectivity index (χ3n) is 4.54. The smallest absolute Gasteiger partial charge is 0.223 e. The van der Waals surface area contributed by atoms with Crippen LogP contribution in [0.15, 0.2) is 24.5 Å². The molecule has 1 spiro atoms. The van der Waals surface area contributed by atoms with Crippen LogP contribution >= 0.6 is 0 Å². The summed E-state index contributed by atoms with van der Waals surface area (Å²) in [5.74, 6) is 1.77. The number of pyridine rings is 1. The van der Waals surface area contributed by atoms with Gasteiger partial charge in [0.05, 0.1) is 25.9 Å². The lowest BCUT2D eigenvalue weighted by molar-refractivity contribution is -0.167. The molecule has 3 heterocycles. The highest BCUT2D eigenvalue weighted by molar-refractivity contribution is 5.77. The van der Waals surface area contributed by atoms with Crippen molar-refractivity contribution in [2.75, 3.05) is 26.3 Å². The highest BCUT2D eigenvalue weighted by Crippen LogP contribution is 2.40. The van der Waals surface area contributed by atoms with Crippen molar-refractivity contribution >= 4 is 5.91 Å². The molecular weight excluding hydrogens is 280 g/mol. The molecule has 2 aliphatic rings. The third-order valence-corrected chi connectivity index (χ3v) is 4.54. The molecule has 0 saturated carbocycles. The number of carbonyl (C=O) groups is 1. The SMILES string of the molecule is CC(C)CC(=O)N1CC2(C1)OCC[C@H]2COc1cccnc1. The predicted octanol–water partition coefficient (Wildman–Crippen LogP) is 2.12. The number of ether oxygens (including phenoxy) is 2. The standard InChI is InChI=1S/C17H24N2O3/c1-13(2)8-16(20)19-11-17(12-19)14(5-7-22-17)10-21-15-4-3-6-18-9-15/h3-4,6,9,13-14H,5,7-8,10-12H2,1-2H3/t14-/m0/s1. The summed E-state index contributed by atoms with van der Waals surface area (Å²) < 4.78 is 11.8. The van der Waals surface area contributed by atoms with Gasteiger partial charge in [0.25, 0.3) is 0 Å². The van der Waals surface area contributed by atoms with Gasteiger partial charge in [0.1, 0.15) is 11.4 Å². The number of hydrogen-bond acceptors (Lipinski definition) is 4. The van der Waals surface area contributed by atoms with Crippen LogP contribution in [0.1, 0.15) is 26.7 Å². The van der Waals surface area contributed by atoms with Gasteiger partial charge in [0, 0.05) is 25.1 Å². The molecule has 120 valence electrons. The zero-order valence-corrected chi connectivity index (χ0v) is 13.3. The van der Waals surface area contributed by atoms with E-state index in [4.69, 9.17) is 9.47 Å². The van der Waals surface area contributed by atoms with Crippen molar-refractivity contribution in [3.63, 3.8) is 0 Å². The van der Waals surface area contributed by atoms with Crippen molar-refractivity contribution in [2.24, 2.45) is 11.8 Å². The summed E-state index contributed by atoms with van der Waals surface area (Å²) in [6.07, 6.45) is 5.07. The van der Waals surface area contributed by atoms with E-state index in [-0.39, 0.29) is 11.5 Å². The predicted molar refractivity (Wildman–Crippen MR) is 82.6 cm³/mol. The van der Waals surface area contributed by atoms with Gasteiger partial charge < -0.3 is 14.4 Å². The number of aromatic nitrogens is 1. The molecule has 2 saturated heterocycles. The lowest BCUT2D eigenvalue weighted by Crippen LogP contribution is -2.66. The lowest BCUT2D eigenvalue weighted by atomic mass is 9.81. The molecule has 2 aliphatic heterocycles. The average molecular weight is 304 g/mol. The minimum absolute atomic E-state index is 0.186.